The van der Waals surface area contributed by atoms with Crippen LogP contribution < -0.4 is 11.3 Å². The SMILES string of the molecule is Cc1ccc2cc(C(Cc3cccnc3)NN)ccc2n1. The Morgan fingerprint density at radius 3 is 2.86 bits per heavy atom. The van der Waals surface area contributed by atoms with Gasteiger partial charge < -0.3 is 0 Å². The minimum atomic E-state index is 0.0555. The van der Waals surface area contributed by atoms with Crippen LogP contribution in [0.25, 0.3) is 10.9 Å². The van der Waals surface area contributed by atoms with E-state index in [1.807, 2.05) is 31.3 Å². The summed E-state index contributed by atoms with van der Waals surface area (Å²) < 4.78 is 0. The van der Waals surface area contributed by atoms with Crippen molar-refractivity contribution >= 4 is 10.9 Å². The standard InChI is InChI=1S/C17H18N4/c1-12-4-5-14-10-15(6-7-16(14)20-12)17(21-18)9-13-3-2-8-19-11-13/h2-8,10-11,17,21H,9,18H2,1H3. The molecule has 4 heteroatoms. The smallest absolute Gasteiger partial charge is 0.0705 e. The van der Waals surface area contributed by atoms with Gasteiger partial charge in [0.1, 0.15) is 0 Å². The number of nitrogens with one attached hydrogen (secondary N) is 1. The van der Waals surface area contributed by atoms with Crippen molar-refractivity contribution < 1.29 is 0 Å². The molecule has 3 N–H and O–H groups in total. The normalized spacial score (nSPS) is 12.5. The number of benzene rings is 1. The molecule has 0 aliphatic carbocycles. The second-order valence-corrected chi connectivity index (χ2v) is 5.19. The van der Waals surface area contributed by atoms with Gasteiger partial charge in [-0.25, -0.2) is 0 Å². The lowest BCUT2D eigenvalue weighted by Gasteiger charge is -2.17. The Morgan fingerprint density at radius 1 is 1.19 bits per heavy atom. The topological polar surface area (TPSA) is 63.8 Å². The molecule has 0 saturated heterocycles. The summed E-state index contributed by atoms with van der Waals surface area (Å²) in [5.74, 6) is 5.73. The highest BCUT2D eigenvalue weighted by Crippen LogP contribution is 2.22. The fourth-order valence-electron chi connectivity index (χ4n) is 2.49. The zero-order valence-corrected chi connectivity index (χ0v) is 12.0. The molecule has 2 aromatic heterocycles. The minimum absolute atomic E-state index is 0.0555. The fourth-order valence-corrected chi connectivity index (χ4v) is 2.49. The molecule has 3 aromatic rings. The van der Waals surface area contributed by atoms with E-state index < -0.39 is 0 Å². The molecule has 1 unspecified atom stereocenters. The van der Waals surface area contributed by atoms with E-state index in [1.54, 1.807) is 6.20 Å². The number of hydrazine groups is 1. The highest BCUT2D eigenvalue weighted by molar-refractivity contribution is 5.79. The van der Waals surface area contributed by atoms with E-state index in [0.717, 1.165) is 34.1 Å². The van der Waals surface area contributed by atoms with Crippen molar-refractivity contribution in [2.24, 2.45) is 5.84 Å². The van der Waals surface area contributed by atoms with Crippen LogP contribution in [0.5, 0.6) is 0 Å². The van der Waals surface area contributed by atoms with Gasteiger partial charge in [-0.2, -0.15) is 0 Å². The average molecular weight is 278 g/mol. The van der Waals surface area contributed by atoms with Crippen molar-refractivity contribution in [1.82, 2.24) is 15.4 Å². The van der Waals surface area contributed by atoms with Crippen LogP contribution in [0.15, 0.2) is 54.9 Å². The van der Waals surface area contributed by atoms with Gasteiger partial charge in [0, 0.05) is 23.5 Å². The molecule has 0 aliphatic rings. The van der Waals surface area contributed by atoms with Crippen molar-refractivity contribution in [3.8, 4) is 0 Å². The van der Waals surface area contributed by atoms with Gasteiger partial charge in [-0.15, -0.1) is 0 Å². The molecule has 0 amide bonds. The van der Waals surface area contributed by atoms with Gasteiger partial charge in [0.25, 0.3) is 0 Å². The van der Waals surface area contributed by atoms with Crippen molar-refractivity contribution in [2.75, 3.05) is 0 Å². The summed E-state index contributed by atoms with van der Waals surface area (Å²) >= 11 is 0. The number of hydrogen-bond donors (Lipinski definition) is 2. The lowest BCUT2D eigenvalue weighted by Crippen LogP contribution is -2.29. The van der Waals surface area contributed by atoms with Crippen LogP contribution in [0.3, 0.4) is 0 Å². The maximum absolute atomic E-state index is 5.73. The lowest BCUT2D eigenvalue weighted by molar-refractivity contribution is 0.552. The van der Waals surface area contributed by atoms with E-state index in [1.165, 1.54) is 0 Å². The van der Waals surface area contributed by atoms with Crippen LogP contribution in [-0.2, 0) is 6.42 Å². The minimum Gasteiger partial charge on any atom is -0.271 e. The number of aryl methyl sites for hydroxylation is 1. The number of nitrogens with zero attached hydrogens (tertiary/aromatic N) is 2. The van der Waals surface area contributed by atoms with Crippen LogP contribution in [-0.4, -0.2) is 9.97 Å². The van der Waals surface area contributed by atoms with E-state index >= 15 is 0 Å². The van der Waals surface area contributed by atoms with Gasteiger partial charge in [-0.3, -0.25) is 21.2 Å². The zero-order chi connectivity index (χ0) is 14.7. The van der Waals surface area contributed by atoms with Crippen LogP contribution in [0.2, 0.25) is 0 Å². The Bertz CT molecular complexity index is 740. The molecule has 4 nitrogen and oxygen atoms in total. The maximum Gasteiger partial charge on any atom is 0.0705 e. The van der Waals surface area contributed by atoms with Crippen LogP contribution in [0, 0.1) is 6.92 Å². The van der Waals surface area contributed by atoms with Gasteiger partial charge in [-0.1, -0.05) is 18.2 Å². The Kier molecular flexibility index (Phi) is 3.90. The lowest BCUT2D eigenvalue weighted by atomic mass is 9.99. The Hall–Kier alpha value is -2.30. The molecule has 0 spiro atoms. The van der Waals surface area contributed by atoms with Crippen molar-refractivity contribution in [3.63, 3.8) is 0 Å². The number of hydrogen-bond acceptors (Lipinski definition) is 4. The monoisotopic (exact) mass is 278 g/mol. The Labute approximate surface area is 124 Å². The second kappa shape index (κ2) is 5.99. The Morgan fingerprint density at radius 2 is 2.10 bits per heavy atom. The molecule has 0 bridgehead atoms. The van der Waals surface area contributed by atoms with Gasteiger partial charge in [-0.05, 0) is 48.7 Å². The van der Waals surface area contributed by atoms with E-state index in [9.17, 15) is 0 Å². The van der Waals surface area contributed by atoms with Crippen LogP contribution in [0.4, 0.5) is 0 Å². The summed E-state index contributed by atoms with van der Waals surface area (Å²) in [6, 6.07) is 14.4. The first-order chi connectivity index (χ1) is 10.3. The quantitative estimate of drug-likeness (QED) is 0.569. The summed E-state index contributed by atoms with van der Waals surface area (Å²) in [5.41, 5.74) is 7.24. The first kappa shape index (κ1) is 13.7. The van der Waals surface area contributed by atoms with Crippen molar-refractivity contribution in [3.05, 3.63) is 71.7 Å². The number of nitrogens with two attached hydrogens (primary N) is 1. The third-order valence-electron chi connectivity index (χ3n) is 3.62. The van der Waals surface area contributed by atoms with Gasteiger partial charge in [0.15, 0.2) is 0 Å². The largest absolute Gasteiger partial charge is 0.271 e. The summed E-state index contributed by atoms with van der Waals surface area (Å²) in [4.78, 5) is 8.67. The second-order valence-electron chi connectivity index (χ2n) is 5.19. The highest BCUT2D eigenvalue weighted by atomic mass is 15.2. The summed E-state index contributed by atoms with van der Waals surface area (Å²) in [6.45, 7) is 2.00. The van der Waals surface area contributed by atoms with E-state index in [4.69, 9.17) is 5.84 Å². The van der Waals surface area contributed by atoms with Crippen LogP contribution >= 0.6 is 0 Å². The maximum atomic E-state index is 5.73. The molecule has 1 atom stereocenters. The van der Waals surface area contributed by atoms with E-state index in [0.29, 0.717) is 0 Å². The molecule has 2 heterocycles. The number of aromatic nitrogens is 2. The molecule has 0 fully saturated rings. The number of rotatable bonds is 4. The first-order valence-electron chi connectivity index (χ1n) is 6.98. The van der Waals surface area contributed by atoms with Crippen molar-refractivity contribution in [1.29, 1.82) is 0 Å². The molecule has 3 rings (SSSR count). The molecule has 106 valence electrons. The average Bonchev–Trinajstić information content (AvgIpc) is 2.53. The molecule has 21 heavy (non-hydrogen) atoms. The van der Waals surface area contributed by atoms with Gasteiger partial charge in [0.05, 0.1) is 11.6 Å². The molecule has 0 radical (unpaired) electrons. The van der Waals surface area contributed by atoms with Crippen LogP contribution in [0.1, 0.15) is 22.9 Å². The first-order valence-corrected chi connectivity index (χ1v) is 6.98. The molecule has 0 aliphatic heterocycles. The van der Waals surface area contributed by atoms with Gasteiger partial charge in [0.2, 0.25) is 0 Å². The van der Waals surface area contributed by atoms with E-state index in [-0.39, 0.29) is 6.04 Å². The molecule has 0 saturated carbocycles. The summed E-state index contributed by atoms with van der Waals surface area (Å²) in [5, 5.41) is 1.13. The highest BCUT2D eigenvalue weighted by Gasteiger charge is 2.11. The molecular formula is C17H18N4. The van der Waals surface area contributed by atoms with Gasteiger partial charge >= 0.3 is 0 Å². The Balaban J connectivity index is 1.91. The molecular weight excluding hydrogens is 260 g/mol. The van der Waals surface area contributed by atoms with E-state index in [2.05, 4.69) is 39.7 Å². The number of fused-ring (bicyclic) bond motifs is 1. The summed E-state index contributed by atoms with van der Waals surface area (Å²) in [6.07, 6.45) is 4.45. The zero-order valence-electron chi connectivity index (χ0n) is 12.0. The third-order valence-corrected chi connectivity index (χ3v) is 3.62. The summed E-state index contributed by atoms with van der Waals surface area (Å²) in [7, 11) is 0. The van der Waals surface area contributed by atoms with Crippen molar-refractivity contribution in [2.45, 2.75) is 19.4 Å². The predicted molar refractivity (Wildman–Crippen MR) is 84.5 cm³/mol. The fraction of sp³-hybridized carbons (Fsp3) is 0.176. The number of pyridine rings is 2. The predicted octanol–water partition coefficient (Wildman–Crippen LogP) is 2.69. The molecule has 1 aromatic carbocycles. The third kappa shape index (κ3) is 3.07.